The van der Waals surface area contributed by atoms with Gasteiger partial charge in [-0.2, -0.15) is 0 Å². The van der Waals surface area contributed by atoms with Crippen LogP contribution in [-0.4, -0.2) is 9.97 Å². The van der Waals surface area contributed by atoms with Crippen LogP contribution in [0.2, 0.25) is 0 Å². The fourth-order valence-corrected chi connectivity index (χ4v) is 1.50. The number of nitrogens with zero attached hydrogens (tertiary/aromatic N) is 2. The molecule has 0 aliphatic rings. The summed E-state index contributed by atoms with van der Waals surface area (Å²) in [6.07, 6.45) is 6.69. The summed E-state index contributed by atoms with van der Waals surface area (Å²) in [7, 11) is 0. The van der Waals surface area contributed by atoms with Crippen LogP contribution < -0.4 is 0 Å². The Morgan fingerprint density at radius 2 is 1.76 bits per heavy atom. The molecule has 0 fully saturated rings. The monoisotopic (exact) mass is 228 g/mol. The van der Waals surface area contributed by atoms with Crippen molar-refractivity contribution < 1.29 is 0 Å². The average Bonchev–Trinajstić information content (AvgIpc) is 2.29. The number of pyridine rings is 2. The molecule has 2 aromatic heterocycles. The summed E-state index contributed by atoms with van der Waals surface area (Å²) in [6.45, 7) is 8.25. The highest BCUT2D eigenvalue weighted by atomic mass is 14.6. The van der Waals surface area contributed by atoms with Gasteiger partial charge in [-0.05, 0) is 56.0 Å². The molecule has 0 saturated heterocycles. The van der Waals surface area contributed by atoms with E-state index in [4.69, 9.17) is 0 Å². The topological polar surface area (TPSA) is 25.8 Å². The second kappa shape index (κ2) is 6.79. The van der Waals surface area contributed by atoms with Gasteiger partial charge in [0.25, 0.3) is 0 Å². The summed E-state index contributed by atoms with van der Waals surface area (Å²) in [4.78, 5) is 8.10. The molecular weight excluding hydrogens is 208 g/mol. The zero-order valence-electron chi connectivity index (χ0n) is 11.1. The van der Waals surface area contributed by atoms with Gasteiger partial charge in [-0.1, -0.05) is 13.0 Å². The summed E-state index contributed by atoms with van der Waals surface area (Å²) in [5.74, 6) is 0. The number of rotatable bonds is 1. The summed E-state index contributed by atoms with van der Waals surface area (Å²) in [5.41, 5.74) is 4.92. The minimum Gasteiger partial charge on any atom is -0.264 e. The van der Waals surface area contributed by atoms with Crippen LogP contribution in [0.15, 0.2) is 36.8 Å². The van der Waals surface area contributed by atoms with Crippen molar-refractivity contribution in [1.29, 1.82) is 0 Å². The maximum Gasteiger partial charge on any atom is 0.0375 e. The molecule has 0 atom stereocenters. The minimum absolute atomic E-state index is 1.08. The first-order chi connectivity index (χ1) is 8.11. The third kappa shape index (κ3) is 5.25. The highest BCUT2D eigenvalue weighted by Crippen LogP contribution is 2.00. The van der Waals surface area contributed by atoms with E-state index < -0.39 is 0 Å². The molecule has 0 aromatic carbocycles. The van der Waals surface area contributed by atoms with E-state index in [9.17, 15) is 0 Å². The molecule has 0 N–H and O–H groups in total. The van der Waals surface area contributed by atoms with Gasteiger partial charge in [0.2, 0.25) is 0 Å². The largest absolute Gasteiger partial charge is 0.264 e. The normalized spacial score (nSPS) is 9.41. The molecule has 0 saturated carbocycles. The van der Waals surface area contributed by atoms with Gasteiger partial charge in [-0.25, -0.2) is 0 Å². The van der Waals surface area contributed by atoms with E-state index in [1.165, 1.54) is 16.7 Å². The number of hydrogen-bond acceptors (Lipinski definition) is 2. The lowest BCUT2D eigenvalue weighted by atomic mass is 10.2. The van der Waals surface area contributed by atoms with Crippen molar-refractivity contribution in [1.82, 2.24) is 9.97 Å². The number of aryl methyl sites for hydroxylation is 4. The van der Waals surface area contributed by atoms with Crippen LogP contribution in [0.5, 0.6) is 0 Å². The highest BCUT2D eigenvalue weighted by molar-refractivity contribution is 5.16. The van der Waals surface area contributed by atoms with Crippen LogP contribution in [0.4, 0.5) is 0 Å². The predicted octanol–water partition coefficient (Wildman–Crippen LogP) is 3.65. The van der Waals surface area contributed by atoms with Crippen LogP contribution in [0.3, 0.4) is 0 Å². The molecule has 0 radical (unpaired) electrons. The van der Waals surface area contributed by atoms with Crippen molar-refractivity contribution in [2.75, 3.05) is 0 Å². The Kier molecular flexibility index (Phi) is 5.34. The van der Waals surface area contributed by atoms with Crippen LogP contribution in [0.1, 0.15) is 29.3 Å². The molecule has 0 aliphatic heterocycles. The molecule has 0 amide bonds. The van der Waals surface area contributed by atoms with E-state index >= 15 is 0 Å². The first-order valence-electron chi connectivity index (χ1n) is 5.91. The minimum atomic E-state index is 1.08. The Morgan fingerprint density at radius 3 is 2.18 bits per heavy atom. The van der Waals surface area contributed by atoms with Crippen LogP contribution in [0.25, 0.3) is 0 Å². The highest BCUT2D eigenvalue weighted by Gasteiger charge is 1.87. The van der Waals surface area contributed by atoms with Gasteiger partial charge in [0.1, 0.15) is 0 Å². The molecule has 2 nitrogen and oxygen atoms in total. The van der Waals surface area contributed by atoms with Crippen molar-refractivity contribution >= 4 is 0 Å². The lowest BCUT2D eigenvalue weighted by molar-refractivity contribution is 1.09. The Morgan fingerprint density at radius 1 is 1.00 bits per heavy atom. The Hall–Kier alpha value is -1.70. The number of hydrogen-bond donors (Lipinski definition) is 0. The zero-order chi connectivity index (χ0) is 12.7. The van der Waals surface area contributed by atoms with Gasteiger partial charge in [-0.3, -0.25) is 9.97 Å². The second-order valence-corrected chi connectivity index (χ2v) is 4.20. The molecule has 0 unspecified atom stereocenters. The molecule has 0 aliphatic carbocycles. The quantitative estimate of drug-likeness (QED) is 0.744. The van der Waals surface area contributed by atoms with Gasteiger partial charge in [0, 0.05) is 24.3 Å². The standard InChI is InChI=1S/C8H11N.C7H9N/c1-3-8-4-7(2)5-9-6-8;1-6-3-4-8-7(2)5-6/h4-6H,3H2,1-2H3;3-5H,1-2H3. The van der Waals surface area contributed by atoms with Gasteiger partial charge in [0.15, 0.2) is 0 Å². The zero-order valence-corrected chi connectivity index (χ0v) is 11.1. The van der Waals surface area contributed by atoms with Crippen LogP contribution >= 0.6 is 0 Å². The SMILES string of the molecule is CCc1cncc(C)c1.Cc1ccnc(C)c1. The van der Waals surface area contributed by atoms with Crippen molar-refractivity contribution in [3.63, 3.8) is 0 Å². The van der Waals surface area contributed by atoms with E-state index in [1.54, 1.807) is 0 Å². The predicted molar refractivity (Wildman–Crippen MR) is 72.1 cm³/mol. The van der Waals surface area contributed by atoms with Crippen LogP contribution in [-0.2, 0) is 6.42 Å². The first-order valence-corrected chi connectivity index (χ1v) is 5.91. The van der Waals surface area contributed by atoms with E-state index in [0.717, 1.165) is 12.1 Å². The maximum absolute atomic E-state index is 4.06. The Labute approximate surface area is 104 Å². The third-order valence-corrected chi connectivity index (χ3v) is 2.39. The third-order valence-electron chi connectivity index (χ3n) is 2.39. The molecule has 17 heavy (non-hydrogen) atoms. The molecular formula is C15H20N2. The van der Waals surface area contributed by atoms with E-state index in [1.807, 2.05) is 31.6 Å². The Bertz CT molecular complexity index is 447. The molecule has 2 aromatic rings. The van der Waals surface area contributed by atoms with E-state index in [0.29, 0.717) is 0 Å². The molecule has 2 heterocycles. The van der Waals surface area contributed by atoms with Crippen molar-refractivity contribution in [3.8, 4) is 0 Å². The fourth-order valence-electron chi connectivity index (χ4n) is 1.50. The molecule has 0 bridgehead atoms. The van der Waals surface area contributed by atoms with Gasteiger partial charge < -0.3 is 0 Å². The van der Waals surface area contributed by atoms with Gasteiger partial charge >= 0.3 is 0 Å². The second-order valence-electron chi connectivity index (χ2n) is 4.20. The smallest absolute Gasteiger partial charge is 0.0375 e. The molecule has 0 spiro atoms. The van der Waals surface area contributed by atoms with E-state index in [2.05, 4.69) is 42.9 Å². The summed E-state index contributed by atoms with van der Waals surface area (Å²) in [6, 6.07) is 6.21. The Balaban J connectivity index is 0.000000171. The molecule has 2 heteroatoms. The van der Waals surface area contributed by atoms with Crippen molar-refractivity contribution in [2.24, 2.45) is 0 Å². The maximum atomic E-state index is 4.06. The van der Waals surface area contributed by atoms with Gasteiger partial charge in [-0.15, -0.1) is 0 Å². The average molecular weight is 228 g/mol. The summed E-state index contributed by atoms with van der Waals surface area (Å²) < 4.78 is 0. The summed E-state index contributed by atoms with van der Waals surface area (Å²) >= 11 is 0. The van der Waals surface area contributed by atoms with Crippen molar-refractivity contribution in [2.45, 2.75) is 34.1 Å². The summed E-state index contributed by atoms with van der Waals surface area (Å²) in [5, 5.41) is 0. The first kappa shape index (κ1) is 13.4. The lowest BCUT2D eigenvalue weighted by Gasteiger charge is -1.94. The van der Waals surface area contributed by atoms with E-state index in [-0.39, 0.29) is 0 Å². The van der Waals surface area contributed by atoms with Crippen molar-refractivity contribution in [3.05, 3.63) is 59.2 Å². The van der Waals surface area contributed by atoms with Crippen LogP contribution in [0, 0.1) is 20.8 Å². The molecule has 2 rings (SSSR count). The van der Waals surface area contributed by atoms with Gasteiger partial charge in [0.05, 0.1) is 0 Å². The lowest BCUT2D eigenvalue weighted by Crippen LogP contribution is -1.82. The number of aromatic nitrogens is 2. The molecule has 90 valence electrons. The fraction of sp³-hybridized carbons (Fsp3) is 0.333.